The van der Waals surface area contributed by atoms with E-state index in [4.69, 9.17) is 4.74 Å². The summed E-state index contributed by atoms with van der Waals surface area (Å²) < 4.78 is 55.4. The number of ether oxygens (including phenoxy) is 1. The third kappa shape index (κ3) is 5.87. The zero-order chi connectivity index (χ0) is 20.2. The monoisotopic (exact) mass is 421 g/mol. The van der Waals surface area contributed by atoms with Gasteiger partial charge in [-0.3, -0.25) is 4.79 Å². The molecule has 1 saturated heterocycles. The average Bonchev–Trinajstić information content (AvgIpc) is 2.83. The van der Waals surface area contributed by atoms with Crippen molar-refractivity contribution in [2.24, 2.45) is 0 Å². The first kappa shape index (κ1) is 21.6. The van der Waals surface area contributed by atoms with Crippen molar-refractivity contribution >= 4 is 31.5 Å². The number of methoxy groups -OCH3 is 1. The molecule has 0 bridgehead atoms. The molecule has 1 aliphatic heterocycles. The summed E-state index contributed by atoms with van der Waals surface area (Å²) in [4.78, 5) is 11.0. The van der Waals surface area contributed by atoms with Crippen molar-refractivity contribution in [1.29, 1.82) is 0 Å². The van der Waals surface area contributed by atoms with E-state index in [9.17, 15) is 26.7 Å². The first-order chi connectivity index (χ1) is 12.5. The molecule has 1 aliphatic rings. The Balaban J connectivity index is 2.00. The Morgan fingerprint density at radius 3 is 2.56 bits per heavy atom. The molecule has 2 rings (SSSR count). The van der Waals surface area contributed by atoms with Crippen LogP contribution in [0.4, 0.5) is 5.69 Å². The molecular weight excluding hydrogens is 398 g/mol. The Bertz CT molecular complexity index is 900. The molecule has 1 aromatic carbocycles. The molecule has 0 unspecified atom stereocenters. The van der Waals surface area contributed by atoms with Gasteiger partial charge >= 0.3 is 0 Å². The summed E-state index contributed by atoms with van der Waals surface area (Å²) in [7, 11) is -5.89. The molecule has 1 fully saturated rings. The number of aliphatic hydroxyl groups is 1. The fourth-order valence-electron chi connectivity index (χ4n) is 2.71. The number of hydrogen-bond donors (Lipinski definition) is 4. The fourth-order valence-corrected chi connectivity index (χ4v) is 5.71. The predicted molar refractivity (Wildman–Crippen MR) is 98.9 cm³/mol. The first-order valence-electron chi connectivity index (χ1n) is 8.11. The second-order valence-corrected chi connectivity index (χ2v) is 10.0. The maximum absolute atomic E-state index is 12.5. The highest BCUT2D eigenvalue weighted by molar-refractivity contribution is 7.91. The van der Waals surface area contributed by atoms with Crippen LogP contribution in [0, 0.1) is 0 Å². The molecule has 152 valence electrons. The van der Waals surface area contributed by atoms with Crippen LogP contribution >= 0.6 is 0 Å². The Hall–Kier alpha value is -1.73. The third-order valence-electron chi connectivity index (χ3n) is 3.92. The van der Waals surface area contributed by atoms with E-state index in [1.807, 2.05) is 0 Å². The van der Waals surface area contributed by atoms with Gasteiger partial charge in [0.15, 0.2) is 9.84 Å². The number of aliphatic hydroxyl groups excluding tert-OH is 1. The predicted octanol–water partition coefficient (Wildman–Crippen LogP) is -1.32. The summed E-state index contributed by atoms with van der Waals surface area (Å²) in [5.41, 5.74) is 0.307. The van der Waals surface area contributed by atoms with Gasteiger partial charge in [-0.1, -0.05) is 0 Å². The molecule has 4 N–H and O–H groups in total. The molecular formula is C15H23N3O7S2. The number of nitrogens with one attached hydrogen (secondary N) is 3. The lowest BCUT2D eigenvalue weighted by molar-refractivity contribution is -0.114. The van der Waals surface area contributed by atoms with Gasteiger partial charge in [0.2, 0.25) is 15.9 Å². The van der Waals surface area contributed by atoms with Gasteiger partial charge in [-0.05, 0) is 18.2 Å². The van der Waals surface area contributed by atoms with E-state index in [2.05, 4.69) is 15.4 Å². The highest BCUT2D eigenvalue weighted by Crippen LogP contribution is 2.27. The second kappa shape index (κ2) is 8.52. The smallest absolute Gasteiger partial charge is 0.244 e. The molecule has 0 aliphatic carbocycles. The number of sulfone groups is 1. The Kier molecular flexibility index (Phi) is 6.81. The quantitative estimate of drug-likeness (QED) is 0.377. The lowest BCUT2D eigenvalue weighted by atomic mass is 10.2. The number of carbonyl (C=O) groups excluding carboxylic acids is 1. The molecule has 1 amide bonds. The van der Waals surface area contributed by atoms with Crippen LogP contribution in [-0.4, -0.2) is 71.7 Å². The SMILES string of the molecule is COc1ccc(NC(C)=O)cc1S(=O)(=O)NCCN[C@@H]1CS(=O)(=O)C[C@@H]1O. The van der Waals surface area contributed by atoms with Crippen molar-refractivity contribution in [3.8, 4) is 5.75 Å². The summed E-state index contributed by atoms with van der Waals surface area (Å²) in [6.07, 6.45) is -1.01. The molecule has 10 nitrogen and oxygen atoms in total. The minimum atomic E-state index is -3.94. The van der Waals surface area contributed by atoms with Crippen molar-refractivity contribution in [1.82, 2.24) is 10.0 Å². The van der Waals surface area contributed by atoms with Crippen molar-refractivity contribution in [2.75, 3.05) is 37.0 Å². The number of hydrogen-bond acceptors (Lipinski definition) is 8. The van der Waals surface area contributed by atoms with Crippen molar-refractivity contribution < 1.29 is 31.5 Å². The summed E-state index contributed by atoms with van der Waals surface area (Å²) in [6.45, 7) is 1.41. The maximum Gasteiger partial charge on any atom is 0.244 e. The molecule has 12 heteroatoms. The molecule has 0 spiro atoms. The molecule has 27 heavy (non-hydrogen) atoms. The second-order valence-electron chi connectivity index (χ2n) is 6.15. The average molecular weight is 421 g/mol. The van der Waals surface area contributed by atoms with Crippen molar-refractivity contribution in [3.63, 3.8) is 0 Å². The van der Waals surface area contributed by atoms with Crippen LogP contribution in [0.15, 0.2) is 23.1 Å². The van der Waals surface area contributed by atoms with Gasteiger partial charge in [0.1, 0.15) is 10.6 Å². The van der Waals surface area contributed by atoms with Crippen LogP contribution in [-0.2, 0) is 24.7 Å². The van der Waals surface area contributed by atoms with Gasteiger partial charge in [0, 0.05) is 31.7 Å². The zero-order valence-electron chi connectivity index (χ0n) is 14.9. The standard InChI is InChI=1S/C15H23N3O7S2/c1-10(19)18-11-3-4-14(25-2)15(7-11)27(23,24)17-6-5-16-12-8-26(21,22)9-13(12)20/h3-4,7,12-13,16-17,20H,5-6,8-9H2,1-2H3,(H,18,19)/t12-,13+/m1/s1. The van der Waals surface area contributed by atoms with Crippen molar-refractivity contribution in [3.05, 3.63) is 18.2 Å². The van der Waals surface area contributed by atoms with Crippen LogP contribution in [0.2, 0.25) is 0 Å². The molecule has 1 heterocycles. The van der Waals surface area contributed by atoms with E-state index in [0.29, 0.717) is 5.69 Å². The lowest BCUT2D eigenvalue weighted by Crippen LogP contribution is -2.42. The van der Waals surface area contributed by atoms with Crippen LogP contribution in [0.25, 0.3) is 0 Å². The topological polar surface area (TPSA) is 151 Å². The van der Waals surface area contributed by atoms with E-state index >= 15 is 0 Å². The molecule has 0 aromatic heterocycles. The highest BCUT2D eigenvalue weighted by Gasteiger charge is 2.35. The maximum atomic E-state index is 12.5. The molecule has 0 saturated carbocycles. The Labute approximate surface area is 158 Å². The third-order valence-corrected chi connectivity index (χ3v) is 7.12. The van der Waals surface area contributed by atoms with Gasteiger partial charge in [-0.15, -0.1) is 0 Å². The van der Waals surface area contributed by atoms with Crippen LogP contribution in [0.5, 0.6) is 5.75 Å². The molecule has 1 aromatic rings. The number of sulfonamides is 1. The van der Waals surface area contributed by atoms with E-state index in [1.54, 1.807) is 0 Å². The van der Waals surface area contributed by atoms with Crippen LogP contribution in [0.3, 0.4) is 0 Å². The number of anilines is 1. The lowest BCUT2D eigenvalue weighted by Gasteiger charge is -2.16. The minimum Gasteiger partial charge on any atom is -0.495 e. The molecule has 0 radical (unpaired) electrons. The van der Waals surface area contributed by atoms with E-state index in [0.717, 1.165) is 0 Å². The van der Waals surface area contributed by atoms with Gasteiger partial charge in [0.25, 0.3) is 0 Å². The van der Waals surface area contributed by atoms with Gasteiger partial charge < -0.3 is 20.5 Å². The fraction of sp³-hybridized carbons (Fsp3) is 0.533. The summed E-state index contributed by atoms with van der Waals surface area (Å²) >= 11 is 0. The molecule has 2 atom stereocenters. The minimum absolute atomic E-state index is 0.0287. The summed E-state index contributed by atoms with van der Waals surface area (Å²) in [5, 5.41) is 15.0. The normalized spacial score (nSPS) is 21.7. The van der Waals surface area contributed by atoms with Gasteiger partial charge in [-0.2, -0.15) is 0 Å². The Morgan fingerprint density at radius 1 is 1.30 bits per heavy atom. The van der Waals surface area contributed by atoms with Gasteiger partial charge in [-0.25, -0.2) is 21.6 Å². The van der Waals surface area contributed by atoms with E-state index < -0.39 is 32.0 Å². The Morgan fingerprint density at radius 2 is 2.00 bits per heavy atom. The number of benzene rings is 1. The summed E-state index contributed by atoms with van der Waals surface area (Å²) in [5.74, 6) is -0.718. The zero-order valence-corrected chi connectivity index (χ0v) is 16.6. The summed E-state index contributed by atoms with van der Waals surface area (Å²) in [6, 6.07) is 3.60. The highest BCUT2D eigenvalue weighted by atomic mass is 32.2. The number of carbonyl (C=O) groups is 1. The van der Waals surface area contributed by atoms with Crippen molar-refractivity contribution in [2.45, 2.75) is 24.0 Å². The first-order valence-corrected chi connectivity index (χ1v) is 11.4. The largest absolute Gasteiger partial charge is 0.495 e. The van der Waals surface area contributed by atoms with Crippen LogP contribution < -0.4 is 20.1 Å². The number of rotatable bonds is 8. The van der Waals surface area contributed by atoms with Gasteiger partial charge in [0.05, 0.1) is 24.7 Å². The van der Waals surface area contributed by atoms with E-state index in [-0.39, 0.29) is 41.1 Å². The van der Waals surface area contributed by atoms with E-state index in [1.165, 1.54) is 32.2 Å². The van der Waals surface area contributed by atoms with Crippen LogP contribution in [0.1, 0.15) is 6.92 Å². The number of amides is 1.